The van der Waals surface area contributed by atoms with Crippen molar-refractivity contribution in [3.05, 3.63) is 28.8 Å². The van der Waals surface area contributed by atoms with Crippen molar-refractivity contribution >= 4 is 29.6 Å². The standard InChI is InChI=1S/C8H4ClF3OS/c9-6-2-1-5(4-13)7(3-6)14-8(10,11)12/h1-4H. The second-order valence-electron chi connectivity index (χ2n) is 2.35. The Kier molecular flexibility index (Phi) is 3.44. The van der Waals surface area contributed by atoms with E-state index in [1.165, 1.54) is 12.1 Å². The summed E-state index contributed by atoms with van der Waals surface area (Å²) >= 11 is 5.16. The minimum absolute atomic E-state index is 0.0169. The summed E-state index contributed by atoms with van der Waals surface area (Å²) in [4.78, 5) is 10.2. The molecule has 76 valence electrons. The van der Waals surface area contributed by atoms with Crippen LogP contribution in [0.25, 0.3) is 0 Å². The van der Waals surface area contributed by atoms with Crippen molar-refractivity contribution in [1.29, 1.82) is 0 Å². The van der Waals surface area contributed by atoms with E-state index in [9.17, 15) is 18.0 Å². The van der Waals surface area contributed by atoms with Gasteiger partial charge >= 0.3 is 5.51 Å². The van der Waals surface area contributed by atoms with Gasteiger partial charge in [0.2, 0.25) is 0 Å². The maximum absolute atomic E-state index is 12.0. The minimum atomic E-state index is -4.41. The third-order valence-electron chi connectivity index (χ3n) is 1.33. The number of carbonyl (C=O) groups excluding carboxylic acids is 1. The third-order valence-corrected chi connectivity index (χ3v) is 2.37. The fraction of sp³-hybridized carbons (Fsp3) is 0.125. The Morgan fingerprint density at radius 1 is 1.36 bits per heavy atom. The Labute approximate surface area is 87.2 Å². The monoisotopic (exact) mass is 240 g/mol. The highest BCUT2D eigenvalue weighted by Gasteiger charge is 2.30. The number of carbonyl (C=O) groups is 1. The molecule has 1 aromatic rings. The minimum Gasteiger partial charge on any atom is -0.298 e. The summed E-state index contributed by atoms with van der Waals surface area (Å²) in [6.45, 7) is 0. The van der Waals surface area contributed by atoms with Gasteiger partial charge in [-0.25, -0.2) is 0 Å². The van der Waals surface area contributed by atoms with Crippen LogP contribution in [0.4, 0.5) is 13.2 Å². The van der Waals surface area contributed by atoms with E-state index >= 15 is 0 Å². The maximum atomic E-state index is 12.0. The maximum Gasteiger partial charge on any atom is 0.446 e. The van der Waals surface area contributed by atoms with Crippen molar-refractivity contribution in [3.63, 3.8) is 0 Å². The van der Waals surface area contributed by atoms with Gasteiger partial charge in [0.25, 0.3) is 0 Å². The SMILES string of the molecule is O=Cc1ccc(Cl)cc1SC(F)(F)F. The van der Waals surface area contributed by atoms with Gasteiger partial charge in [-0.15, -0.1) is 0 Å². The van der Waals surface area contributed by atoms with Crippen molar-refractivity contribution in [2.45, 2.75) is 10.4 Å². The smallest absolute Gasteiger partial charge is 0.298 e. The summed E-state index contributed by atoms with van der Waals surface area (Å²) in [6.07, 6.45) is 0.365. The van der Waals surface area contributed by atoms with Crippen molar-refractivity contribution in [2.24, 2.45) is 0 Å². The van der Waals surface area contributed by atoms with E-state index in [0.29, 0.717) is 6.29 Å². The van der Waals surface area contributed by atoms with Crippen molar-refractivity contribution in [3.8, 4) is 0 Å². The fourth-order valence-electron chi connectivity index (χ4n) is 0.819. The Morgan fingerprint density at radius 3 is 2.50 bits per heavy atom. The van der Waals surface area contributed by atoms with E-state index in [4.69, 9.17) is 11.6 Å². The summed E-state index contributed by atoms with van der Waals surface area (Å²) in [5, 5.41) is 0.169. The molecule has 1 rings (SSSR count). The molecule has 0 heterocycles. The molecule has 14 heavy (non-hydrogen) atoms. The number of aldehydes is 1. The van der Waals surface area contributed by atoms with Crippen LogP contribution in [-0.4, -0.2) is 11.8 Å². The first-order valence-electron chi connectivity index (χ1n) is 3.43. The lowest BCUT2D eigenvalue weighted by atomic mass is 10.2. The summed E-state index contributed by atoms with van der Waals surface area (Å²) < 4.78 is 36.0. The Hall–Kier alpha value is -0.680. The van der Waals surface area contributed by atoms with Crippen LogP contribution in [-0.2, 0) is 0 Å². The zero-order valence-electron chi connectivity index (χ0n) is 6.64. The number of hydrogen-bond donors (Lipinski definition) is 0. The van der Waals surface area contributed by atoms with Crippen LogP contribution in [0.1, 0.15) is 10.4 Å². The van der Waals surface area contributed by atoms with E-state index in [0.717, 1.165) is 6.07 Å². The van der Waals surface area contributed by atoms with E-state index < -0.39 is 5.51 Å². The van der Waals surface area contributed by atoms with Gasteiger partial charge in [-0.3, -0.25) is 4.79 Å². The van der Waals surface area contributed by atoms with Crippen LogP contribution in [0.2, 0.25) is 5.02 Å². The summed E-state index contributed by atoms with van der Waals surface area (Å²) in [7, 11) is 0. The molecule has 0 aliphatic heterocycles. The molecule has 0 aromatic heterocycles. The first-order valence-corrected chi connectivity index (χ1v) is 4.62. The lowest BCUT2D eigenvalue weighted by molar-refractivity contribution is -0.0328. The molecule has 0 atom stereocenters. The summed E-state index contributed by atoms with van der Waals surface area (Å²) in [5.74, 6) is 0. The largest absolute Gasteiger partial charge is 0.446 e. The van der Waals surface area contributed by atoms with Gasteiger partial charge in [-0.2, -0.15) is 13.2 Å². The molecule has 6 heteroatoms. The van der Waals surface area contributed by atoms with Gasteiger partial charge in [0.1, 0.15) is 0 Å². The second kappa shape index (κ2) is 4.23. The molecule has 0 unspecified atom stereocenters. The van der Waals surface area contributed by atoms with Crippen LogP contribution in [0.3, 0.4) is 0 Å². The zero-order valence-corrected chi connectivity index (χ0v) is 8.21. The Morgan fingerprint density at radius 2 is 2.00 bits per heavy atom. The van der Waals surface area contributed by atoms with Gasteiger partial charge in [-0.05, 0) is 30.0 Å². The van der Waals surface area contributed by atoms with Gasteiger partial charge in [-0.1, -0.05) is 11.6 Å². The molecule has 0 aliphatic rings. The number of alkyl halides is 3. The molecule has 0 amide bonds. The Bertz CT molecular complexity index is 351. The number of halogens is 4. The molecule has 0 aliphatic carbocycles. The Balaban J connectivity index is 3.05. The van der Waals surface area contributed by atoms with E-state index in [1.54, 1.807) is 0 Å². The number of benzene rings is 1. The predicted octanol–water partition coefficient (Wildman–Crippen LogP) is 3.76. The molecular formula is C8H4ClF3OS. The van der Waals surface area contributed by atoms with E-state index in [2.05, 4.69) is 0 Å². The first-order chi connectivity index (χ1) is 6.42. The number of rotatable bonds is 2. The van der Waals surface area contributed by atoms with Crippen molar-refractivity contribution in [2.75, 3.05) is 0 Å². The van der Waals surface area contributed by atoms with Gasteiger partial charge < -0.3 is 0 Å². The normalized spacial score (nSPS) is 11.4. The van der Waals surface area contributed by atoms with Crippen LogP contribution in [0, 0.1) is 0 Å². The summed E-state index contributed by atoms with van der Waals surface area (Å²) in [5.41, 5.74) is -4.43. The van der Waals surface area contributed by atoms with Crippen molar-refractivity contribution in [1.82, 2.24) is 0 Å². The second-order valence-corrected chi connectivity index (χ2v) is 3.89. The molecule has 0 fully saturated rings. The van der Waals surface area contributed by atoms with Crippen molar-refractivity contribution < 1.29 is 18.0 Å². The topological polar surface area (TPSA) is 17.1 Å². The first kappa shape index (κ1) is 11.4. The number of hydrogen-bond acceptors (Lipinski definition) is 2. The van der Waals surface area contributed by atoms with Gasteiger partial charge in [0, 0.05) is 15.5 Å². The highest BCUT2D eigenvalue weighted by molar-refractivity contribution is 8.00. The van der Waals surface area contributed by atoms with E-state index in [-0.39, 0.29) is 27.2 Å². The molecule has 0 N–H and O–H groups in total. The highest BCUT2D eigenvalue weighted by atomic mass is 35.5. The third kappa shape index (κ3) is 3.23. The molecule has 1 aromatic carbocycles. The van der Waals surface area contributed by atoms with Crippen LogP contribution in [0.15, 0.2) is 23.1 Å². The lowest BCUT2D eigenvalue weighted by Crippen LogP contribution is -2.00. The molecule has 0 saturated heterocycles. The van der Waals surface area contributed by atoms with Crippen LogP contribution in [0.5, 0.6) is 0 Å². The lowest BCUT2D eigenvalue weighted by Gasteiger charge is -2.07. The van der Waals surface area contributed by atoms with Crippen LogP contribution < -0.4 is 0 Å². The van der Waals surface area contributed by atoms with E-state index in [1.807, 2.05) is 0 Å². The molecule has 1 nitrogen and oxygen atoms in total. The van der Waals surface area contributed by atoms with Gasteiger partial charge in [0.05, 0.1) is 0 Å². The molecule has 0 bridgehead atoms. The molecular weight excluding hydrogens is 237 g/mol. The number of thioether (sulfide) groups is 1. The van der Waals surface area contributed by atoms with Gasteiger partial charge in [0.15, 0.2) is 6.29 Å². The average Bonchev–Trinajstić information content (AvgIpc) is 2.01. The quantitative estimate of drug-likeness (QED) is 0.578. The highest BCUT2D eigenvalue weighted by Crippen LogP contribution is 2.39. The molecule has 0 spiro atoms. The predicted molar refractivity (Wildman–Crippen MR) is 48.8 cm³/mol. The molecule has 0 radical (unpaired) electrons. The average molecular weight is 241 g/mol. The zero-order chi connectivity index (χ0) is 10.8. The fourth-order valence-corrected chi connectivity index (χ4v) is 1.72. The van der Waals surface area contributed by atoms with Crippen LogP contribution >= 0.6 is 23.4 Å². The molecule has 0 saturated carbocycles. The summed E-state index contributed by atoms with van der Waals surface area (Å²) in [6, 6.07) is 3.73.